The molecule has 0 fully saturated rings. The standard InChI is InChI=1S/C17H23N3O2S/c1-13-5-7-15(8-6-13)23(21,22)19-9-10-20-14(12-19)11-16(18-20)17(2,3)4/h5-8,11H,9-10,12H2,1-4H3. The second-order valence-corrected chi connectivity index (χ2v) is 9.08. The van der Waals surface area contributed by atoms with Gasteiger partial charge in [0.2, 0.25) is 10.0 Å². The minimum absolute atomic E-state index is 0.0367. The Kier molecular flexibility index (Phi) is 3.84. The summed E-state index contributed by atoms with van der Waals surface area (Å²) in [5.74, 6) is 0. The molecule has 23 heavy (non-hydrogen) atoms. The van der Waals surface area contributed by atoms with Gasteiger partial charge < -0.3 is 0 Å². The Balaban J connectivity index is 1.89. The number of sulfonamides is 1. The van der Waals surface area contributed by atoms with Crippen molar-refractivity contribution in [2.45, 2.75) is 51.1 Å². The molecule has 0 amide bonds. The first-order valence-corrected chi connectivity index (χ1v) is 9.26. The molecule has 6 heteroatoms. The van der Waals surface area contributed by atoms with E-state index in [9.17, 15) is 8.42 Å². The Morgan fingerprint density at radius 3 is 2.35 bits per heavy atom. The van der Waals surface area contributed by atoms with Crippen molar-refractivity contribution in [2.75, 3.05) is 6.54 Å². The summed E-state index contributed by atoms with van der Waals surface area (Å²) in [7, 11) is -3.46. The summed E-state index contributed by atoms with van der Waals surface area (Å²) in [6.07, 6.45) is 0. The quantitative estimate of drug-likeness (QED) is 0.849. The predicted molar refractivity (Wildman–Crippen MR) is 89.7 cm³/mol. The van der Waals surface area contributed by atoms with Crippen LogP contribution in [0.25, 0.3) is 0 Å². The van der Waals surface area contributed by atoms with Gasteiger partial charge in [-0.05, 0) is 25.1 Å². The maximum absolute atomic E-state index is 12.8. The summed E-state index contributed by atoms with van der Waals surface area (Å²) >= 11 is 0. The van der Waals surface area contributed by atoms with Crippen LogP contribution in [-0.2, 0) is 28.5 Å². The van der Waals surface area contributed by atoms with Crippen LogP contribution in [0.15, 0.2) is 35.2 Å². The summed E-state index contributed by atoms with van der Waals surface area (Å²) in [4.78, 5) is 0.354. The van der Waals surface area contributed by atoms with E-state index in [1.165, 1.54) is 0 Å². The lowest BCUT2D eigenvalue weighted by Gasteiger charge is -2.27. The number of hydrogen-bond donors (Lipinski definition) is 0. The van der Waals surface area contributed by atoms with E-state index in [4.69, 9.17) is 0 Å². The van der Waals surface area contributed by atoms with Crippen LogP contribution in [0.2, 0.25) is 0 Å². The molecule has 124 valence electrons. The highest BCUT2D eigenvalue weighted by Crippen LogP contribution is 2.26. The molecule has 2 aromatic rings. The summed E-state index contributed by atoms with van der Waals surface area (Å²) in [5.41, 5.74) is 2.97. The lowest BCUT2D eigenvalue weighted by molar-refractivity contribution is 0.325. The first-order chi connectivity index (χ1) is 10.7. The van der Waals surface area contributed by atoms with Gasteiger partial charge in [-0.15, -0.1) is 0 Å². The fourth-order valence-corrected chi connectivity index (χ4v) is 4.08. The molecule has 0 spiro atoms. The van der Waals surface area contributed by atoms with E-state index in [1.807, 2.05) is 29.8 Å². The molecular weight excluding hydrogens is 310 g/mol. The van der Waals surface area contributed by atoms with Gasteiger partial charge in [-0.2, -0.15) is 9.40 Å². The van der Waals surface area contributed by atoms with Gasteiger partial charge in [0.05, 0.1) is 29.4 Å². The molecule has 0 radical (unpaired) electrons. The normalized spacial score (nSPS) is 16.3. The van der Waals surface area contributed by atoms with Crippen LogP contribution in [0, 0.1) is 6.92 Å². The second-order valence-electron chi connectivity index (χ2n) is 7.15. The maximum atomic E-state index is 12.8. The van der Waals surface area contributed by atoms with Crippen LogP contribution < -0.4 is 0 Å². The first-order valence-electron chi connectivity index (χ1n) is 7.82. The van der Waals surface area contributed by atoms with Crippen molar-refractivity contribution >= 4 is 10.0 Å². The molecule has 0 aliphatic carbocycles. The lowest BCUT2D eigenvalue weighted by Crippen LogP contribution is -2.38. The highest BCUT2D eigenvalue weighted by atomic mass is 32.2. The molecule has 0 saturated carbocycles. The van der Waals surface area contributed by atoms with E-state index in [2.05, 4.69) is 25.9 Å². The largest absolute Gasteiger partial charge is 0.267 e. The predicted octanol–water partition coefficient (Wildman–Crippen LogP) is 2.69. The SMILES string of the molecule is Cc1ccc(S(=O)(=O)N2CCn3nc(C(C)(C)C)cc3C2)cc1. The molecule has 0 unspecified atom stereocenters. The van der Waals surface area contributed by atoms with Gasteiger partial charge in [-0.25, -0.2) is 8.42 Å². The number of nitrogens with zero attached hydrogens (tertiary/aromatic N) is 3. The Morgan fingerprint density at radius 2 is 1.74 bits per heavy atom. The minimum Gasteiger partial charge on any atom is -0.267 e. The summed E-state index contributed by atoms with van der Waals surface area (Å²) in [5, 5.41) is 4.62. The molecule has 1 aromatic carbocycles. The maximum Gasteiger partial charge on any atom is 0.243 e. The highest BCUT2D eigenvalue weighted by Gasteiger charge is 2.30. The fraction of sp³-hybridized carbons (Fsp3) is 0.471. The average molecular weight is 333 g/mol. The third-order valence-corrected chi connectivity index (χ3v) is 6.05. The number of aromatic nitrogens is 2. The molecule has 1 aliphatic heterocycles. The van der Waals surface area contributed by atoms with Crippen molar-refractivity contribution in [3.05, 3.63) is 47.3 Å². The van der Waals surface area contributed by atoms with Crippen molar-refractivity contribution in [1.29, 1.82) is 0 Å². The monoisotopic (exact) mass is 333 g/mol. The molecule has 5 nitrogen and oxygen atoms in total. The van der Waals surface area contributed by atoms with Gasteiger partial charge in [-0.1, -0.05) is 38.5 Å². The van der Waals surface area contributed by atoms with Gasteiger partial charge in [0.15, 0.2) is 0 Å². The van der Waals surface area contributed by atoms with Crippen LogP contribution in [0.3, 0.4) is 0 Å². The van der Waals surface area contributed by atoms with Gasteiger partial charge in [0.25, 0.3) is 0 Å². The topological polar surface area (TPSA) is 55.2 Å². The number of aryl methyl sites for hydroxylation is 1. The van der Waals surface area contributed by atoms with E-state index in [0.717, 1.165) is 17.0 Å². The number of benzene rings is 1. The minimum atomic E-state index is -3.46. The summed E-state index contributed by atoms with van der Waals surface area (Å²) in [6.45, 7) is 9.71. The average Bonchev–Trinajstić information content (AvgIpc) is 2.91. The number of rotatable bonds is 2. The zero-order valence-corrected chi connectivity index (χ0v) is 14.9. The Labute approximate surface area is 138 Å². The molecule has 0 saturated heterocycles. The zero-order valence-electron chi connectivity index (χ0n) is 14.1. The third-order valence-electron chi connectivity index (χ3n) is 4.19. The van der Waals surface area contributed by atoms with Gasteiger partial charge >= 0.3 is 0 Å². The molecule has 0 bridgehead atoms. The molecule has 0 N–H and O–H groups in total. The Bertz CT molecular complexity index is 815. The summed E-state index contributed by atoms with van der Waals surface area (Å²) < 4.78 is 29.1. The molecule has 0 atom stereocenters. The van der Waals surface area contributed by atoms with Crippen molar-refractivity contribution in [3.63, 3.8) is 0 Å². The van der Waals surface area contributed by atoms with E-state index < -0.39 is 10.0 Å². The second kappa shape index (κ2) is 5.46. The van der Waals surface area contributed by atoms with Crippen LogP contribution in [0.4, 0.5) is 0 Å². The van der Waals surface area contributed by atoms with Gasteiger partial charge in [0, 0.05) is 12.0 Å². The summed E-state index contributed by atoms with van der Waals surface area (Å²) in [6, 6.07) is 9.04. The first kappa shape index (κ1) is 16.2. The Morgan fingerprint density at radius 1 is 1.09 bits per heavy atom. The number of hydrogen-bond acceptors (Lipinski definition) is 3. The number of fused-ring (bicyclic) bond motifs is 1. The van der Waals surface area contributed by atoms with Crippen LogP contribution >= 0.6 is 0 Å². The molecule has 1 aromatic heterocycles. The lowest BCUT2D eigenvalue weighted by atomic mass is 9.92. The van der Waals surface area contributed by atoms with E-state index in [-0.39, 0.29) is 5.41 Å². The Hall–Kier alpha value is -1.66. The highest BCUT2D eigenvalue weighted by molar-refractivity contribution is 7.89. The van der Waals surface area contributed by atoms with Crippen molar-refractivity contribution < 1.29 is 8.42 Å². The van der Waals surface area contributed by atoms with Crippen molar-refractivity contribution in [3.8, 4) is 0 Å². The van der Waals surface area contributed by atoms with E-state index in [0.29, 0.717) is 24.5 Å². The molecule has 2 heterocycles. The zero-order chi connectivity index (χ0) is 16.8. The van der Waals surface area contributed by atoms with Crippen LogP contribution in [0.5, 0.6) is 0 Å². The fourth-order valence-electron chi connectivity index (χ4n) is 2.67. The third kappa shape index (κ3) is 3.05. The van der Waals surface area contributed by atoms with Crippen LogP contribution in [-0.4, -0.2) is 29.0 Å². The van der Waals surface area contributed by atoms with Crippen molar-refractivity contribution in [2.24, 2.45) is 0 Å². The van der Waals surface area contributed by atoms with Gasteiger partial charge in [0.1, 0.15) is 0 Å². The molecular formula is C17H23N3O2S. The molecule has 3 rings (SSSR count). The molecule has 1 aliphatic rings. The van der Waals surface area contributed by atoms with Crippen molar-refractivity contribution in [1.82, 2.24) is 14.1 Å². The van der Waals surface area contributed by atoms with Gasteiger partial charge in [-0.3, -0.25) is 4.68 Å². The van der Waals surface area contributed by atoms with E-state index >= 15 is 0 Å². The smallest absolute Gasteiger partial charge is 0.243 e. The van der Waals surface area contributed by atoms with Crippen LogP contribution in [0.1, 0.15) is 37.7 Å². The van der Waals surface area contributed by atoms with E-state index in [1.54, 1.807) is 16.4 Å².